The zero-order chi connectivity index (χ0) is 11.1. The second-order valence-corrected chi connectivity index (χ2v) is 6.38. The quantitative estimate of drug-likeness (QED) is 0.712. The minimum atomic E-state index is -0.522. The van der Waals surface area contributed by atoms with Gasteiger partial charge in [-0.1, -0.05) is 26.2 Å². The first-order chi connectivity index (χ1) is 7.22. The number of unbranched alkanes of at least 4 members (excludes halogenated alkanes) is 2. The van der Waals surface area contributed by atoms with Crippen molar-refractivity contribution in [2.45, 2.75) is 64.5 Å². The van der Waals surface area contributed by atoms with Gasteiger partial charge in [0.1, 0.15) is 0 Å². The van der Waals surface area contributed by atoms with Crippen LogP contribution in [0.4, 0.5) is 0 Å². The Morgan fingerprint density at radius 3 is 2.60 bits per heavy atom. The summed E-state index contributed by atoms with van der Waals surface area (Å²) in [5.41, 5.74) is 0. The molecule has 0 amide bonds. The van der Waals surface area contributed by atoms with Gasteiger partial charge in [-0.15, -0.1) is 0 Å². The highest BCUT2D eigenvalue weighted by Gasteiger charge is 2.18. The van der Waals surface area contributed by atoms with Crippen LogP contribution in [0.15, 0.2) is 0 Å². The molecule has 1 aliphatic heterocycles. The highest BCUT2D eigenvalue weighted by atomic mass is 32.2. The largest absolute Gasteiger partial charge is 0.311 e. The van der Waals surface area contributed by atoms with E-state index >= 15 is 0 Å². The molecule has 3 heteroatoms. The lowest BCUT2D eigenvalue weighted by atomic mass is 10.1. The Balaban J connectivity index is 2.09. The van der Waals surface area contributed by atoms with Gasteiger partial charge in [-0.3, -0.25) is 4.21 Å². The number of rotatable bonds is 6. The first-order valence-electron chi connectivity index (χ1n) is 6.33. The first kappa shape index (κ1) is 13.2. The summed E-state index contributed by atoms with van der Waals surface area (Å²) in [6.07, 6.45) is 7.47. The Bertz CT molecular complexity index is 186. The average Bonchev–Trinajstić information content (AvgIpc) is 2.22. The topological polar surface area (TPSA) is 29.1 Å². The van der Waals surface area contributed by atoms with Gasteiger partial charge >= 0.3 is 0 Å². The van der Waals surface area contributed by atoms with E-state index in [1.165, 1.54) is 25.7 Å². The molecule has 0 bridgehead atoms. The Morgan fingerprint density at radius 1 is 1.33 bits per heavy atom. The minimum absolute atomic E-state index is 0.522. The van der Waals surface area contributed by atoms with Gasteiger partial charge in [0.15, 0.2) is 0 Å². The van der Waals surface area contributed by atoms with E-state index in [4.69, 9.17) is 0 Å². The molecule has 1 rings (SSSR count). The molecular formula is C12H25NOS. The van der Waals surface area contributed by atoms with Crippen LogP contribution in [0, 0.1) is 0 Å². The van der Waals surface area contributed by atoms with Crippen molar-refractivity contribution in [3.63, 3.8) is 0 Å². The molecule has 0 aliphatic carbocycles. The zero-order valence-electron chi connectivity index (χ0n) is 10.1. The van der Waals surface area contributed by atoms with Crippen molar-refractivity contribution in [2.24, 2.45) is 0 Å². The van der Waals surface area contributed by atoms with Crippen LogP contribution in [0.3, 0.4) is 0 Å². The molecule has 0 aromatic heterocycles. The summed E-state index contributed by atoms with van der Waals surface area (Å²) in [6, 6.07) is 1.26. The third-order valence-electron chi connectivity index (χ3n) is 3.15. The summed E-state index contributed by atoms with van der Waals surface area (Å²) in [4.78, 5) is 0. The van der Waals surface area contributed by atoms with Crippen LogP contribution in [-0.2, 0) is 10.8 Å². The first-order valence-corrected chi connectivity index (χ1v) is 7.82. The monoisotopic (exact) mass is 231 g/mol. The predicted molar refractivity (Wildman–Crippen MR) is 67.6 cm³/mol. The maximum absolute atomic E-state index is 11.2. The number of nitrogens with one attached hydrogen (secondary N) is 1. The molecule has 0 saturated carbocycles. The summed E-state index contributed by atoms with van der Waals surface area (Å²) in [5, 5.41) is 3.66. The zero-order valence-corrected chi connectivity index (χ0v) is 10.9. The lowest BCUT2D eigenvalue weighted by Crippen LogP contribution is -2.40. The highest BCUT2D eigenvalue weighted by Crippen LogP contribution is 2.11. The molecular weight excluding hydrogens is 206 g/mol. The van der Waals surface area contributed by atoms with Gasteiger partial charge < -0.3 is 5.32 Å². The van der Waals surface area contributed by atoms with Crippen molar-refractivity contribution in [3.8, 4) is 0 Å². The molecule has 1 unspecified atom stereocenters. The van der Waals surface area contributed by atoms with Crippen molar-refractivity contribution >= 4 is 10.8 Å². The Labute approximate surface area is 96.7 Å². The van der Waals surface area contributed by atoms with E-state index in [0.29, 0.717) is 12.1 Å². The molecule has 1 N–H and O–H groups in total. The number of hydrogen-bond donors (Lipinski definition) is 1. The molecule has 1 fully saturated rings. The summed E-state index contributed by atoms with van der Waals surface area (Å²) in [5.74, 6) is 1.80. The van der Waals surface area contributed by atoms with Crippen LogP contribution in [0.25, 0.3) is 0 Å². The minimum Gasteiger partial charge on any atom is -0.311 e. The summed E-state index contributed by atoms with van der Waals surface area (Å²) < 4.78 is 11.2. The fourth-order valence-electron chi connectivity index (χ4n) is 2.15. The van der Waals surface area contributed by atoms with E-state index in [1.54, 1.807) is 0 Å². The smallest absolute Gasteiger partial charge is 0.0249 e. The van der Waals surface area contributed by atoms with Crippen molar-refractivity contribution in [1.29, 1.82) is 0 Å². The standard InChI is InChI=1S/C12H25NOS/c1-3-4-5-6-11(2)13-12-7-9-15(14)10-8-12/h11-13H,3-10H2,1-2H3. The van der Waals surface area contributed by atoms with E-state index in [1.807, 2.05) is 0 Å². The SMILES string of the molecule is CCCCCC(C)NC1CCS(=O)CC1. The fraction of sp³-hybridized carbons (Fsp3) is 1.00. The van der Waals surface area contributed by atoms with Crippen molar-refractivity contribution in [1.82, 2.24) is 5.32 Å². The maximum Gasteiger partial charge on any atom is 0.0249 e. The van der Waals surface area contributed by atoms with Gasteiger partial charge in [0.25, 0.3) is 0 Å². The van der Waals surface area contributed by atoms with Gasteiger partial charge in [0.05, 0.1) is 0 Å². The Hall–Kier alpha value is 0.110. The summed E-state index contributed by atoms with van der Waals surface area (Å²) in [6.45, 7) is 4.52. The van der Waals surface area contributed by atoms with Gasteiger partial charge in [-0.05, 0) is 26.2 Å². The maximum atomic E-state index is 11.2. The second kappa shape index (κ2) is 7.39. The summed E-state index contributed by atoms with van der Waals surface area (Å²) in [7, 11) is -0.522. The van der Waals surface area contributed by atoms with Crippen LogP contribution in [0.1, 0.15) is 52.4 Å². The second-order valence-electron chi connectivity index (χ2n) is 4.69. The van der Waals surface area contributed by atoms with E-state index in [9.17, 15) is 4.21 Å². The normalized spacial score (nSPS) is 28.9. The lowest BCUT2D eigenvalue weighted by Gasteiger charge is -2.26. The molecule has 2 nitrogen and oxygen atoms in total. The van der Waals surface area contributed by atoms with Crippen LogP contribution in [-0.4, -0.2) is 27.8 Å². The Morgan fingerprint density at radius 2 is 2.00 bits per heavy atom. The van der Waals surface area contributed by atoms with Crippen molar-refractivity contribution < 1.29 is 4.21 Å². The van der Waals surface area contributed by atoms with E-state index in [2.05, 4.69) is 19.2 Å². The lowest BCUT2D eigenvalue weighted by molar-refractivity contribution is 0.395. The molecule has 90 valence electrons. The van der Waals surface area contributed by atoms with Gasteiger partial charge in [0, 0.05) is 34.4 Å². The molecule has 0 radical (unpaired) electrons. The van der Waals surface area contributed by atoms with Crippen molar-refractivity contribution in [3.05, 3.63) is 0 Å². The molecule has 0 aromatic carbocycles. The van der Waals surface area contributed by atoms with E-state index < -0.39 is 10.8 Å². The molecule has 0 spiro atoms. The van der Waals surface area contributed by atoms with Gasteiger partial charge in [0.2, 0.25) is 0 Å². The fourth-order valence-corrected chi connectivity index (χ4v) is 3.45. The van der Waals surface area contributed by atoms with E-state index in [-0.39, 0.29) is 0 Å². The highest BCUT2D eigenvalue weighted by molar-refractivity contribution is 7.85. The third kappa shape index (κ3) is 5.67. The van der Waals surface area contributed by atoms with Crippen LogP contribution in [0.2, 0.25) is 0 Å². The average molecular weight is 231 g/mol. The molecule has 1 atom stereocenters. The van der Waals surface area contributed by atoms with Crippen LogP contribution < -0.4 is 5.32 Å². The number of hydrogen-bond acceptors (Lipinski definition) is 2. The molecule has 15 heavy (non-hydrogen) atoms. The van der Waals surface area contributed by atoms with Gasteiger partial charge in [-0.25, -0.2) is 0 Å². The molecule has 1 heterocycles. The predicted octanol–water partition coefficient (Wildman–Crippen LogP) is 2.46. The third-order valence-corrected chi connectivity index (χ3v) is 4.53. The molecule has 0 aromatic rings. The Kier molecular flexibility index (Phi) is 6.50. The van der Waals surface area contributed by atoms with Crippen molar-refractivity contribution in [2.75, 3.05) is 11.5 Å². The molecule has 1 saturated heterocycles. The van der Waals surface area contributed by atoms with Gasteiger partial charge in [-0.2, -0.15) is 0 Å². The summed E-state index contributed by atoms with van der Waals surface area (Å²) >= 11 is 0. The van der Waals surface area contributed by atoms with Crippen LogP contribution >= 0.6 is 0 Å². The van der Waals surface area contributed by atoms with Crippen LogP contribution in [0.5, 0.6) is 0 Å². The van der Waals surface area contributed by atoms with E-state index in [0.717, 1.165) is 24.3 Å². The molecule has 1 aliphatic rings.